The van der Waals surface area contributed by atoms with Gasteiger partial charge in [-0.25, -0.2) is 9.97 Å². The van der Waals surface area contributed by atoms with E-state index >= 15 is 0 Å². The molecule has 0 unspecified atom stereocenters. The molecule has 1 aromatic carbocycles. The molecule has 0 fully saturated rings. The summed E-state index contributed by atoms with van der Waals surface area (Å²) in [6.07, 6.45) is 3.49. The minimum Gasteiger partial charge on any atom is -0.382 e. The van der Waals surface area contributed by atoms with Gasteiger partial charge in [0, 0.05) is 36.3 Å². The van der Waals surface area contributed by atoms with Gasteiger partial charge in [-0.1, -0.05) is 30.0 Å². The monoisotopic (exact) mass is 376 g/mol. The molecule has 134 valence electrons. The second-order valence-corrected chi connectivity index (χ2v) is 6.48. The van der Waals surface area contributed by atoms with Gasteiger partial charge in [0.15, 0.2) is 5.16 Å². The second-order valence-electron chi connectivity index (χ2n) is 5.53. The Morgan fingerprint density at radius 2 is 2.04 bits per heavy atom. The van der Waals surface area contributed by atoms with Gasteiger partial charge in [0.2, 0.25) is 0 Å². The molecule has 3 N–H and O–H groups in total. The first-order valence-electron chi connectivity index (χ1n) is 8.04. The largest absolute Gasteiger partial charge is 0.382 e. The molecular formula is C19H16N6OS. The molecule has 2 heterocycles. The number of hydrogen-bond donors (Lipinski definition) is 2. The van der Waals surface area contributed by atoms with Gasteiger partial charge in [-0.3, -0.25) is 9.78 Å². The fourth-order valence-electron chi connectivity index (χ4n) is 2.40. The molecule has 0 atom stereocenters. The summed E-state index contributed by atoms with van der Waals surface area (Å²) in [4.78, 5) is 24.5. The van der Waals surface area contributed by atoms with E-state index in [-0.39, 0.29) is 17.3 Å². The van der Waals surface area contributed by atoms with E-state index in [1.165, 1.54) is 11.8 Å². The van der Waals surface area contributed by atoms with E-state index < -0.39 is 0 Å². The van der Waals surface area contributed by atoms with Crippen LogP contribution < -0.4 is 11.1 Å². The van der Waals surface area contributed by atoms with Crippen molar-refractivity contribution in [2.75, 3.05) is 12.8 Å². The summed E-state index contributed by atoms with van der Waals surface area (Å²) in [5, 5.41) is 12.5. The number of amides is 1. The lowest BCUT2D eigenvalue weighted by molar-refractivity contribution is 0.0963. The van der Waals surface area contributed by atoms with Crippen LogP contribution in [0.2, 0.25) is 0 Å². The summed E-state index contributed by atoms with van der Waals surface area (Å²) < 4.78 is 0. The van der Waals surface area contributed by atoms with E-state index in [9.17, 15) is 10.1 Å². The Labute approximate surface area is 160 Å². The number of benzene rings is 1. The fraction of sp³-hybridized carbons (Fsp3) is 0.105. The topological polar surface area (TPSA) is 118 Å². The number of hydrogen-bond acceptors (Lipinski definition) is 7. The predicted octanol–water partition coefficient (Wildman–Crippen LogP) is 2.64. The molecule has 1 amide bonds. The average Bonchev–Trinajstić information content (AvgIpc) is 2.72. The first-order chi connectivity index (χ1) is 13.1. The van der Waals surface area contributed by atoms with Crippen LogP contribution in [-0.4, -0.2) is 27.9 Å². The third kappa shape index (κ3) is 4.22. The van der Waals surface area contributed by atoms with E-state index in [4.69, 9.17) is 5.73 Å². The van der Waals surface area contributed by atoms with Gasteiger partial charge < -0.3 is 11.1 Å². The van der Waals surface area contributed by atoms with Crippen molar-refractivity contribution in [2.45, 2.75) is 10.9 Å². The number of rotatable bonds is 5. The zero-order valence-corrected chi connectivity index (χ0v) is 15.3. The van der Waals surface area contributed by atoms with Crippen molar-refractivity contribution in [3.05, 3.63) is 65.5 Å². The molecule has 8 heteroatoms. The van der Waals surface area contributed by atoms with Crippen LogP contribution in [0.5, 0.6) is 0 Å². The summed E-state index contributed by atoms with van der Waals surface area (Å²) in [6, 6.07) is 12.7. The average molecular weight is 376 g/mol. The van der Waals surface area contributed by atoms with Crippen molar-refractivity contribution in [1.29, 1.82) is 5.26 Å². The lowest BCUT2D eigenvalue weighted by Gasteiger charge is -2.09. The van der Waals surface area contributed by atoms with E-state index in [0.717, 1.165) is 5.56 Å². The zero-order chi connectivity index (χ0) is 19.2. The van der Waals surface area contributed by atoms with Crippen molar-refractivity contribution < 1.29 is 4.79 Å². The summed E-state index contributed by atoms with van der Waals surface area (Å²) in [7, 11) is 1.57. The van der Waals surface area contributed by atoms with Crippen molar-refractivity contribution in [1.82, 2.24) is 20.3 Å². The first-order valence-corrected chi connectivity index (χ1v) is 9.02. The van der Waals surface area contributed by atoms with Gasteiger partial charge in [-0.15, -0.1) is 0 Å². The van der Waals surface area contributed by atoms with Crippen LogP contribution >= 0.6 is 11.8 Å². The second kappa shape index (κ2) is 8.29. The minimum absolute atomic E-state index is 0.131. The number of nitriles is 1. The lowest BCUT2D eigenvalue weighted by Crippen LogP contribution is -2.17. The van der Waals surface area contributed by atoms with Crippen LogP contribution in [0, 0.1) is 11.3 Å². The molecule has 0 aliphatic carbocycles. The molecular weight excluding hydrogens is 360 g/mol. The molecule has 0 bridgehead atoms. The van der Waals surface area contributed by atoms with Crippen molar-refractivity contribution in [2.24, 2.45) is 0 Å². The molecule has 0 saturated carbocycles. The SMILES string of the molecule is CNC(=O)c1ccc(-c2nc(SCc3cccnc3)nc(N)c2C#N)cc1. The summed E-state index contributed by atoms with van der Waals surface area (Å²) in [5.74, 6) is 0.581. The van der Waals surface area contributed by atoms with Gasteiger partial charge in [-0.05, 0) is 23.8 Å². The van der Waals surface area contributed by atoms with Gasteiger partial charge in [0.25, 0.3) is 5.91 Å². The van der Waals surface area contributed by atoms with Crippen molar-refractivity contribution in [3.63, 3.8) is 0 Å². The molecule has 3 aromatic rings. The van der Waals surface area contributed by atoms with Gasteiger partial charge >= 0.3 is 0 Å². The molecule has 0 radical (unpaired) electrons. The van der Waals surface area contributed by atoms with Crippen molar-refractivity contribution in [3.8, 4) is 17.3 Å². The molecule has 0 aliphatic heterocycles. The Hall–Kier alpha value is -3.44. The summed E-state index contributed by atoms with van der Waals surface area (Å²) in [6.45, 7) is 0. The van der Waals surface area contributed by atoms with Crippen LogP contribution in [0.15, 0.2) is 53.9 Å². The molecule has 0 aliphatic rings. The Bertz CT molecular complexity index is 999. The third-order valence-electron chi connectivity index (χ3n) is 3.77. The Kier molecular flexibility index (Phi) is 5.64. The molecule has 3 rings (SSSR count). The number of pyridine rings is 1. The van der Waals surface area contributed by atoms with E-state index in [0.29, 0.717) is 27.7 Å². The highest BCUT2D eigenvalue weighted by Gasteiger charge is 2.15. The van der Waals surface area contributed by atoms with Crippen LogP contribution in [0.1, 0.15) is 21.5 Å². The number of anilines is 1. The maximum atomic E-state index is 11.7. The van der Waals surface area contributed by atoms with E-state index in [2.05, 4.69) is 26.3 Å². The lowest BCUT2D eigenvalue weighted by atomic mass is 10.0. The quantitative estimate of drug-likeness (QED) is 0.519. The zero-order valence-electron chi connectivity index (χ0n) is 14.5. The number of thioether (sulfide) groups is 1. The number of nitrogens with one attached hydrogen (secondary N) is 1. The number of nitrogens with zero attached hydrogens (tertiary/aromatic N) is 4. The predicted molar refractivity (Wildman–Crippen MR) is 104 cm³/mol. The summed E-state index contributed by atoms with van der Waals surface area (Å²) in [5.41, 5.74) is 8.88. The number of carbonyl (C=O) groups excluding carboxylic acids is 1. The summed E-state index contributed by atoms with van der Waals surface area (Å²) >= 11 is 1.41. The highest BCUT2D eigenvalue weighted by Crippen LogP contribution is 2.29. The number of nitrogens with two attached hydrogens (primary N) is 1. The number of carbonyl (C=O) groups is 1. The fourth-order valence-corrected chi connectivity index (χ4v) is 3.18. The Balaban J connectivity index is 1.92. The van der Waals surface area contributed by atoms with E-state index in [1.807, 2.05) is 12.1 Å². The Morgan fingerprint density at radius 1 is 1.26 bits per heavy atom. The van der Waals surface area contributed by atoms with E-state index in [1.54, 1.807) is 43.7 Å². The van der Waals surface area contributed by atoms with Crippen LogP contribution in [0.3, 0.4) is 0 Å². The standard InChI is InChI=1S/C19H16N6OS/c1-22-18(26)14-6-4-13(5-7-14)16-15(9-20)17(21)25-19(24-16)27-11-12-3-2-8-23-10-12/h2-8,10H,11H2,1H3,(H,22,26)(H2,21,24,25). The molecule has 27 heavy (non-hydrogen) atoms. The normalized spacial score (nSPS) is 10.2. The first kappa shape index (κ1) is 18.4. The minimum atomic E-state index is -0.183. The number of nitrogen functional groups attached to an aromatic ring is 1. The van der Waals surface area contributed by atoms with Crippen molar-refractivity contribution >= 4 is 23.5 Å². The molecule has 0 saturated heterocycles. The molecule has 0 spiro atoms. The van der Waals surface area contributed by atoms with Gasteiger partial charge in [0.1, 0.15) is 17.5 Å². The van der Waals surface area contributed by atoms with Crippen LogP contribution in [0.25, 0.3) is 11.3 Å². The Morgan fingerprint density at radius 3 is 2.67 bits per heavy atom. The maximum Gasteiger partial charge on any atom is 0.251 e. The molecule has 2 aromatic heterocycles. The molecule has 7 nitrogen and oxygen atoms in total. The number of aromatic nitrogens is 3. The van der Waals surface area contributed by atoms with Crippen LogP contribution in [0.4, 0.5) is 5.82 Å². The highest BCUT2D eigenvalue weighted by atomic mass is 32.2. The highest BCUT2D eigenvalue weighted by molar-refractivity contribution is 7.98. The van der Waals surface area contributed by atoms with Gasteiger partial charge in [-0.2, -0.15) is 5.26 Å². The smallest absolute Gasteiger partial charge is 0.251 e. The maximum absolute atomic E-state index is 11.7. The third-order valence-corrected chi connectivity index (χ3v) is 4.69. The van der Waals surface area contributed by atoms with Gasteiger partial charge in [0.05, 0.1) is 5.69 Å². The van der Waals surface area contributed by atoms with Crippen LogP contribution in [-0.2, 0) is 5.75 Å².